The minimum Gasteiger partial charge on any atom is -0.391 e. The van der Waals surface area contributed by atoms with Crippen LogP contribution in [0.4, 0.5) is 17.3 Å². The van der Waals surface area contributed by atoms with Crippen LogP contribution in [0.3, 0.4) is 0 Å². The molecule has 79 heavy (non-hydrogen) atoms. The third-order valence-electron chi connectivity index (χ3n) is 13.7. The molecule has 7 heterocycles. The molecule has 424 valence electrons. The first-order valence-electron chi connectivity index (χ1n) is 27.6. The summed E-state index contributed by atoms with van der Waals surface area (Å²) in [7, 11) is 0. The highest BCUT2D eigenvalue weighted by Crippen LogP contribution is 2.30. The number of anilines is 3. The van der Waals surface area contributed by atoms with Gasteiger partial charge in [0.05, 0.1) is 30.6 Å². The molecule has 0 radical (unpaired) electrons. The summed E-state index contributed by atoms with van der Waals surface area (Å²) >= 11 is 0. The van der Waals surface area contributed by atoms with Crippen molar-refractivity contribution in [2.75, 3.05) is 82.3 Å². The third kappa shape index (κ3) is 16.9. The first-order chi connectivity index (χ1) is 38.1. The molecule has 7 N–H and O–H groups in total. The van der Waals surface area contributed by atoms with Crippen LogP contribution >= 0.6 is 0 Å². The molecule has 2 aromatic carbocycles. The number of nitrogens with one attached hydrogen (secondary N) is 5. The first kappa shape index (κ1) is 59.4. The van der Waals surface area contributed by atoms with E-state index >= 15 is 0 Å². The van der Waals surface area contributed by atoms with Crippen molar-refractivity contribution in [2.24, 2.45) is 5.92 Å². The van der Waals surface area contributed by atoms with Gasteiger partial charge in [-0.05, 0) is 118 Å². The number of nitrogens with zero attached hydrogens (tertiary/aromatic N) is 9. The van der Waals surface area contributed by atoms with Crippen molar-refractivity contribution >= 4 is 46.6 Å². The summed E-state index contributed by atoms with van der Waals surface area (Å²) in [5.41, 5.74) is 7.48. The van der Waals surface area contributed by atoms with Gasteiger partial charge in [-0.1, -0.05) is 57.9 Å². The lowest BCUT2D eigenvalue weighted by Crippen LogP contribution is -2.46. The first-order valence-corrected chi connectivity index (χ1v) is 27.6. The van der Waals surface area contributed by atoms with Gasteiger partial charge < -0.3 is 46.0 Å². The number of benzene rings is 2. The predicted molar refractivity (Wildman–Crippen MR) is 307 cm³/mol. The summed E-state index contributed by atoms with van der Waals surface area (Å²) in [6.07, 6.45) is 10.9. The summed E-state index contributed by atoms with van der Waals surface area (Å²) in [4.78, 5) is 68.1. The molecule has 0 spiro atoms. The van der Waals surface area contributed by atoms with E-state index in [0.717, 1.165) is 107 Å². The quantitative estimate of drug-likeness (QED) is 0.0263. The van der Waals surface area contributed by atoms with Gasteiger partial charge in [-0.3, -0.25) is 29.2 Å². The van der Waals surface area contributed by atoms with Gasteiger partial charge in [0, 0.05) is 88.3 Å². The van der Waals surface area contributed by atoms with E-state index in [0.29, 0.717) is 61.2 Å². The van der Waals surface area contributed by atoms with Crippen LogP contribution in [0.15, 0.2) is 90.5 Å². The molecule has 3 aliphatic heterocycles. The molecular formula is C58H80N14O7. The molecule has 21 nitrogen and oxygen atoms in total. The number of hydrogen-bond acceptors (Lipinski definition) is 15. The lowest BCUT2D eigenvalue weighted by atomic mass is 9.90. The Morgan fingerprint density at radius 2 is 1.73 bits per heavy atom. The summed E-state index contributed by atoms with van der Waals surface area (Å²) in [6.45, 7) is 22.5. The number of carbonyl (C=O) groups excluding carboxylic acids is 3. The maximum Gasteiger partial charge on any atom is 0.278 e. The van der Waals surface area contributed by atoms with E-state index in [-0.39, 0.29) is 37.1 Å². The Labute approximate surface area is 462 Å². The van der Waals surface area contributed by atoms with Crippen LogP contribution in [0.1, 0.15) is 89.1 Å². The van der Waals surface area contributed by atoms with E-state index in [4.69, 9.17) is 9.72 Å². The number of amides is 3. The number of pyridine rings is 1. The second-order valence-electron chi connectivity index (χ2n) is 21.2. The van der Waals surface area contributed by atoms with Gasteiger partial charge in [-0.2, -0.15) is 10.1 Å². The van der Waals surface area contributed by atoms with Gasteiger partial charge in [0.25, 0.3) is 5.56 Å². The number of carbonyl (C=O) groups is 3. The third-order valence-corrected chi connectivity index (χ3v) is 13.7. The topological polar surface area (TPSA) is 253 Å². The van der Waals surface area contributed by atoms with E-state index in [1.54, 1.807) is 53.9 Å². The van der Waals surface area contributed by atoms with Crippen LogP contribution in [0, 0.1) is 5.92 Å². The fraction of sp³-hybridized carbons (Fsp3) is 0.483. The van der Waals surface area contributed by atoms with E-state index < -0.39 is 11.7 Å². The maximum absolute atomic E-state index is 13.3. The van der Waals surface area contributed by atoms with Gasteiger partial charge >= 0.3 is 0 Å². The zero-order valence-corrected chi connectivity index (χ0v) is 46.5. The second kappa shape index (κ2) is 29.1. The van der Waals surface area contributed by atoms with Crippen LogP contribution in [0.25, 0.3) is 28.1 Å². The van der Waals surface area contributed by atoms with E-state index in [1.165, 1.54) is 33.1 Å². The van der Waals surface area contributed by atoms with E-state index in [9.17, 15) is 29.4 Å². The number of H-pyrrole nitrogens is 1. The highest BCUT2D eigenvalue weighted by molar-refractivity contribution is 5.85. The zero-order chi connectivity index (χ0) is 56.3. The standard InChI is InChI=1S/C40H54N10O6.C14H16N4O.C4H10/c1-4-17-49-38(54)32-25-42-39(45-37(32)50(49)34-11-9-10-33(44-34)40(2,3)55)43-29-12-14-30(15-13-29)47-22-20-46(21-23-47)18-7-5-6-8-24-56-28-35(52)41-26-36(53)48-19-16-31(51)27-48;19-9-16-7-10-1-2-12(14-4-6-17-18-14)11-3-5-15-8-13(10)11;1-4(2)3/h4,9-15,25,31,51,55H,1,5-8,16-24,26-28H2,2-3H3,(H,41,52)(H,42,43,45);1-2,4,6,9,15H,3,5,7-8H2,(H,16,19)(H,17,18);4H,1-3H3. The number of hydrogen-bond donors (Lipinski definition) is 7. The van der Waals surface area contributed by atoms with Gasteiger partial charge in [-0.15, -0.1) is 6.58 Å². The Bertz CT molecular complexity index is 2980. The summed E-state index contributed by atoms with van der Waals surface area (Å²) < 4.78 is 8.63. The molecule has 1 unspecified atom stereocenters. The van der Waals surface area contributed by atoms with Crippen LogP contribution in [0.5, 0.6) is 0 Å². The predicted octanol–water partition coefficient (Wildman–Crippen LogP) is 5.17. The fourth-order valence-electron chi connectivity index (χ4n) is 9.62. The number of ether oxygens (including phenoxy) is 1. The fourth-order valence-corrected chi connectivity index (χ4v) is 9.62. The highest BCUT2D eigenvalue weighted by atomic mass is 16.5. The Hall–Kier alpha value is -7.30. The average molecular weight is 1090 g/mol. The number of rotatable bonds is 22. The van der Waals surface area contributed by atoms with Crippen LogP contribution in [0.2, 0.25) is 0 Å². The van der Waals surface area contributed by atoms with Gasteiger partial charge in [0.2, 0.25) is 24.2 Å². The lowest BCUT2D eigenvalue weighted by molar-refractivity contribution is -0.133. The van der Waals surface area contributed by atoms with Crippen molar-refractivity contribution in [1.29, 1.82) is 0 Å². The number of allylic oxidation sites excluding steroid dienone is 1. The van der Waals surface area contributed by atoms with E-state index in [1.807, 2.05) is 18.2 Å². The number of likely N-dealkylation sites (tertiary alicyclic amines) is 1. The van der Waals surface area contributed by atoms with Crippen molar-refractivity contribution in [3.8, 4) is 17.1 Å². The Morgan fingerprint density at radius 1 is 0.962 bits per heavy atom. The molecular weight excluding hydrogens is 1000 g/mol. The van der Waals surface area contributed by atoms with Gasteiger partial charge in [0.15, 0.2) is 11.5 Å². The van der Waals surface area contributed by atoms with Gasteiger partial charge in [0.1, 0.15) is 17.6 Å². The van der Waals surface area contributed by atoms with E-state index in [2.05, 4.69) is 103 Å². The number of unbranched alkanes of at least 4 members (excludes halogenated alkanes) is 3. The van der Waals surface area contributed by atoms with Crippen molar-refractivity contribution in [1.82, 2.24) is 60.3 Å². The summed E-state index contributed by atoms with van der Waals surface area (Å²) in [5.74, 6) is 1.13. The molecule has 2 fully saturated rings. The normalized spacial score (nSPS) is 15.4. The lowest BCUT2D eigenvalue weighted by Gasteiger charge is -2.36. The monoisotopic (exact) mass is 1080 g/mol. The molecule has 9 rings (SSSR count). The van der Waals surface area contributed by atoms with Crippen molar-refractivity contribution < 1.29 is 29.3 Å². The van der Waals surface area contributed by atoms with Crippen molar-refractivity contribution in [3.05, 3.63) is 118 Å². The number of piperazine rings is 1. The molecule has 0 aliphatic carbocycles. The van der Waals surface area contributed by atoms with Crippen LogP contribution in [-0.4, -0.2) is 151 Å². The summed E-state index contributed by atoms with van der Waals surface area (Å²) in [6, 6.07) is 19.7. The SMILES string of the molecule is C=CCn1c(=O)c2cnc(Nc3ccc(N4CCN(CCCCCCOCC(=O)NCC(=O)N5CCC(O)C5)CC4)cc3)nc2n1-c1cccc(C(C)(C)O)n1.CC(C)C.O=CNCc1ccc(-c2ccn[nH]2)c2c1CNCC2. The number of aromatic amines is 1. The molecule has 3 amide bonds. The van der Waals surface area contributed by atoms with Crippen LogP contribution in [-0.2, 0) is 50.8 Å². The summed E-state index contributed by atoms with van der Waals surface area (Å²) in [5, 5.41) is 39.5. The van der Waals surface area contributed by atoms with Gasteiger partial charge in [-0.25, -0.2) is 19.3 Å². The Kier molecular flexibility index (Phi) is 21.8. The molecule has 0 bridgehead atoms. The Balaban J connectivity index is 0.000000323. The second-order valence-corrected chi connectivity index (χ2v) is 21.2. The molecule has 6 aromatic rings. The highest BCUT2D eigenvalue weighted by Gasteiger charge is 2.26. The number of aromatic nitrogens is 7. The smallest absolute Gasteiger partial charge is 0.278 e. The minimum absolute atomic E-state index is 0.0553. The molecule has 0 saturated carbocycles. The zero-order valence-electron chi connectivity index (χ0n) is 46.5. The molecule has 3 aliphatic rings. The maximum atomic E-state index is 13.3. The average Bonchev–Trinajstić information content (AvgIpc) is 4.43. The van der Waals surface area contributed by atoms with Crippen LogP contribution < -0.4 is 31.7 Å². The minimum atomic E-state index is -1.17. The number of aliphatic hydroxyl groups is 2. The molecule has 2 saturated heterocycles. The number of aliphatic hydroxyl groups excluding tert-OH is 1. The largest absolute Gasteiger partial charge is 0.391 e. The van der Waals surface area contributed by atoms with Crippen molar-refractivity contribution in [2.45, 2.75) is 104 Å². The van der Waals surface area contributed by atoms with Crippen molar-refractivity contribution in [3.63, 3.8) is 0 Å². The molecule has 21 heteroatoms. The number of fused-ring (bicyclic) bond motifs is 2. The molecule has 4 aromatic heterocycles. The number of β-amino-alcohol motifs (C(OH)–C–C–N with tert-alkyl or cyclic N) is 1. The Morgan fingerprint density at radius 3 is 2.43 bits per heavy atom. The molecule has 1 atom stereocenters.